The summed E-state index contributed by atoms with van der Waals surface area (Å²) in [5.74, 6) is 3.36. The van der Waals surface area contributed by atoms with Gasteiger partial charge in [-0.15, -0.1) is 6.42 Å². The molecule has 0 bridgehead atoms. The van der Waals surface area contributed by atoms with Crippen molar-refractivity contribution in [3.05, 3.63) is 59.9 Å². The first kappa shape index (κ1) is 25.0. The molecule has 22 heavy (non-hydrogen) atoms. The maximum Gasteiger partial charge on any atom is 0.0930 e. The molecular formula is C21H34O. The second-order valence-electron chi connectivity index (χ2n) is 4.30. The summed E-state index contributed by atoms with van der Waals surface area (Å²) >= 11 is 0. The highest BCUT2D eigenvalue weighted by atomic mass is 16.5. The van der Waals surface area contributed by atoms with E-state index in [1.54, 1.807) is 13.2 Å². The van der Waals surface area contributed by atoms with Gasteiger partial charge in [-0.3, -0.25) is 0 Å². The quantitative estimate of drug-likeness (QED) is 0.304. The van der Waals surface area contributed by atoms with Crippen LogP contribution in [0.2, 0.25) is 0 Å². The van der Waals surface area contributed by atoms with Crippen molar-refractivity contribution in [1.29, 1.82) is 0 Å². The first-order valence-electron chi connectivity index (χ1n) is 7.85. The third-order valence-electron chi connectivity index (χ3n) is 2.54. The SMILES string of the molecule is C#C\C(C)=C/C=C(/C=C(\C)OC)C(=C)C=C.CC.CCCC. The van der Waals surface area contributed by atoms with Gasteiger partial charge in [0.05, 0.1) is 12.9 Å². The lowest BCUT2D eigenvalue weighted by atomic mass is 10.1. The Hall–Kier alpha value is -1.94. The van der Waals surface area contributed by atoms with Crippen LogP contribution in [0.4, 0.5) is 0 Å². The van der Waals surface area contributed by atoms with Gasteiger partial charge in [-0.25, -0.2) is 0 Å². The second-order valence-corrected chi connectivity index (χ2v) is 4.30. The summed E-state index contributed by atoms with van der Waals surface area (Å²) in [6.45, 7) is 19.7. The van der Waals surface area contributed by atoms with Gasteiger partial charge < -0.3 is 4.74 Å². The minimum atomic E-state index is 0.806. The Labute approximate surface area is 139 Å². The van der Waals surface area contributed by atoms with Crippen LogP contribution in [0.5, 0.6) is 0 Å². The van der Waals surface area contributed by atoms with Crippen LogP contribution < -0.4 is 0 Å². The van der Waals surface area contributed by atoms with Crippen molar-refractivity contribution in [1.82, 2.24) is 0 Å². The largest absolute Gasteiger partial charge is 0.501 e. The minimum absolute atomic E-state index is 0.806. The van der Waals surface area contributed by atoms with E-state index in [0.717, 1.165) is 22.5 Å². The molecule has 1 heteroatoms. The average molecular weight is 303 g/mol. The first-order valence-corrected chi connectivity index (χ1v) is 7.85. The van der Waals surface area contributed by atoms with Crippen molar-refractivity contribution in [2.75, 3.05) is 7.11 Å². The summed E-state index contributed by atoms with van der Waals surface area (Å²) in [6, 6.07) is 0. The van der Waals surface area contributed by atoms with Crippen LogP contribution in [-0.4, -0.2) is 7.11 Å². The topological polar surface area (TPSA) is 9.23 Å². The average Bonchev–Trinajstić information content (AvgIpc) is 2.58. The molecule has 0 aromatic heterocycles. The van der Waals surface area contributed by atoms with Gasteiger partial charge in [0.25, 0.3) is 0 Å². The van der Waals surface area contributed by atoms with Crippen molar-refractivity contribution in [3.8, 4) is 12.3 Å². The summed E-state index contributed by atoms with van der Waals surface area (Å²) < 4.78 is 5.09. The smallest absolute Gasteiger partial charge is 0.0930 e. The summed E-state index contributed by atoms with van der Waals surface area (Å²) in [4.78, 5) is 0. The number of rotatable bonds is 6. The molecule has 0 saturated heterocycles. The zero-order valence-corrected chi connectivity index (χ0v) is 15.6. The van der Waals surface area contributed by atoms with Crippen LogP contribution >= 0.6 is 0 Å². The van der Waals surface area contributed by atoms with Gasteiger partial charge in [0.1, 0.15) is 0 Å². The highest BCUT2D eigenvalue weighted by molar-refractivity contribution is 5.47. The van der Waals surface area contributed by atoms with Crippen LogP contribution in [0.25, 0.3) is 0 Å². The maximum atomic E-state index is 5.26. The lowest BCUT2D eigenvalue weighted by molar-refractivity contribution is 0.293. The van der Waals surface area contributed by atoms with E-state index in [9.17, 15) is 0 Å². The molecule has 0 aromatic rings. The van der Waals surface area contributed by atoms with E-state index in [1.165, 1.54) is 12.8 Å². The number of unbranched alkanes of at least 4 members (excludes halogenated alkanes) is 1. The van der Waals surface area contributed by atoms with E-state index in [-0.39, 0.29) is 0 Å². The van der Waals surface area contributed by atoms with E-state index in [0.29, 0.717) is 0 Å². The van der Waals surface area contributed by atoms with E-state index < -0.39 is 0 Å². The van der Waals surface area contributed by atoms with Crippen LogP contribution in [0, 0.1) is 12.3 Å². The molecule has 0 aliphatic heterocycles. The number of hydrogen-bond donors (Lipinski definition) is 0. The van der Waals surface area contributed by atoms with Gasteiger partial charge in [0.2, 0.25) is 0 Å². The molecule has 0 aliphatic carbocycles. The van der Waals surface area contributed by atoms with Crippen LogP contribution in [0.15, 0.2) is 59.9 Å². The Morgan fingerprint density at radius 3 is 1.95 bits per heavy atom. The lowest BCUT2D eigenvalue weighted by Gasteiger charge is -2.03. The minimum Gasteiger partial charge on any atom is -0.501 e. The summed E-state index contributed by atoms with van der Waals surface area (Å²) in [6.07, 6.45) is 15.3. The molecule has 0 amide bonds. The van der Waals surface area contributed by atoms with Crippen LogP contribution in [-0.2, 0) is 4.74 Å². The lowest BCUT2D eigenvalue weighted by Crippen LogP contribution is -1.85. The number of allylic oxidation sites excluding steroid dienone is 8. The fourth-order valence-corrected chi connectivity index (χ4v) is 0.907. The highest BCUT2D eigenvalue weighted by Gasteiger charge is 1.96. The summed E-state index contributed by atoms with van der Waals surface area (Å²) in [7, 11) is 1.63. The highest BCUT2D eigenvalue weighted by Crippen LogP contribution is 2.14. The zero-order valence-electron chi connectivity index (χ0n) is 15.6. The molecule has 1 nitrogen and oxygen atoms in total. The first-order chi connectivity index (χ1) is 10.5. The summed E-state index contributed by atoms with van der Waals surface area (Å²) in [5.41, 5.74) is 2.62. The molecule has 124 valence electrons. The van der Waals surface area contributed by atoms with Gasteiger partial charge in [0.15, 0.2) is 0 Å². The van der Waals surface area contributed by atoms with E-state index in [1.807, 2.05) is 45.9 Å². The van der Waals surface area contributed by atoms with Crippen LogP contribution in [0.1, 0.15) is 54.4 Å². The Bertz CT molecular complexity index is 423. The van der Waals surface area contributed by atoms with Crippen molar-refractivity contribution in [2.45, 2.75) is 54.4 Å². The molecule has 0 fully saturated rings. The molecule has 0 rings (SSSR count). The third-order valence-corrected chi connectivity index (χ3v) is 2.54. The molecule has 0 atom stereocenters. The second kappa shape index (κ2) is 19.1. The molecule has 0 N–H and O–H groups in total. The van der Waals surface area contributed by atoms with E-state index in [2.05, 4.69) is 32.9 Å². The Morgan fingerprint density at radius 1 is 1.14 bits per heavy atom. The Kier molecular flexibility index (Phi) is 21.7. The van der Waals surface area contributed by atoms with E-state index >= 15 is 0 Å². The Balaban J connectivity index is -0.000000516. The van der Waals surface area contributed by atoms with Gasteiger partial charge in [-0.05, 0) is 36.6 Å². The number of ether oxygens (including phenoxy) is 1. The molecule has 0 saturated carbocycles. The normalized spacial score (nSPS) is 11.1. The van der Waals surface area contributed by atoms with Crippen LogP contribution in [0.3, 0.4) is 0 Å². The molecule has 0 radical (unpaired) electrons. The standard InChI is InChI=1S/C15H18O.C4H10.C2H6/c1-7-12(3)9-10-15(13(4)8-2)11-14(5)16-6;1-3-4-2;1-2/h1,8-11H,2,4H2,3,5-6H3;3-4H2,1-2H3;1-2H3/b12-9-,14-11+,15-10-;;. The fraction of sp³-hybridized carbons (Fsp3) is 0.429. The van der Waals surface area contributed by atoms with Gasteiger partial charge in [-0.2, -0.15) is 0 Å². The number of hydrogen-bond acceptors (Lipinski definition) is 1. The summed E-state index contributed by atoms with van der Waals surface area (Å²) in [5, 5.41) is 0. The molecular weight excluding hydrogens is 268 g/mol. The molecule has 0 spiro atoms. The molecule has 0 aliphatic rings. The molecule has 0 heterocycles. The van der Waals surface area contributed by atoms with Gasteiger partial charge in [-0.1, -0.05) is 77.8 Å². The predicted octanol–water partition coefficient (Wildman–Crippen LogP) is 6.62. The monoisotopic (exact) mass is 302 g/mol. The third kappa shape index (κ3) is 16.1. The van der Waals surface area contributed by atoms with Crippen molar-refractivity contribution >= 4 is 0 Å². The van der Waals surface area contributed by atoms with Crippen molar-refractivity contribution in [2.24, 2.45) is 0 Å². The maximum absolute atomic E-state index is 5.26. The molecule has 0 unspecified atom stereocenters. The van der Waals surface area contributed by atoms with Gasteiger partial charge in [0, 0.05) is 0 Å². The van der Waals surface area contributed by atoms with Gasteiger partial charge >= 0.3 is 0 Å². The Morgan fingerprint density at radius 2 is 1.64 bits per heavy atom. The fourth-order valence-electron chi connectivity index (χ4n) is 0.907. The number of terminal acetylenes is 1. The van der Waals surface area contributed by atoms with Crippen molar-refractivity contribution < 1.29 is 4.74 Å². The molecule has 0 aromatic carbocycles. The predicted molar refractivity (Wildman–Crippen MR) is 103 cm³/mol. The van der Waals surface area contributed by atoms with E-state index in [4.69, 9.17) is 11.2 Å². The van der Waals surface area contributed by atoms with Crippen molar-refractivity contribution in [3.63, 3.8) is 0 Å². The zero-order chi connectivity index (χ0) is 18.0. The number of methoxy groups -OCH3 is 1.